The molecule has 0 saturated carbocycles. The summed E-state index contributed by atoms with van der Waals surface area (Å²) in [6.07, 6.45) is 0. The van der Waals surface area contributed by atoms with Gasteiger partial charge in [0, 0.05) is 27.8 Å². The molecule has 0 saturated heterocycles. The number of phenolic OH excluding ortho intramolecular Hbond substituents is 1. The topological polar surface area (TPSA) is 80.8 Å². The number of nitrogens with one attached hydrogen (secondary N) is 1. The van der Waals surface area contributed by atoms with Crippen LogP contribution in [0.4, 0.5) is 11.4 Å². The number of carbonyl (C=O) groups excluding carboxylic acids is 1. The third kappa shape index (κ3) is 2.96. The number of fused-ring (bicyclic) bond motifs is 1. The summed E-state index contributed by atoms with van der Waals surface area (Å²) in [7, 11) is 0. The van der Waals surface area contributed by atoms with Crippen LogP contribution in [-0.2, 0) is 0 Å². The van der Waals surface area contributed by atoms with E-state index in [0.717, 1.165) is 0 Å². The molecule has 1 heterocycles. The number of hydrogen-bond acceptors (Lipinski definition) is 4. The number of phenols is 1. The summed E-state index contributed by atoms with van der Waals surface area (Å²) in [5, 5.41) is 11.6. The highest BCUT2D eigenvalue weighted by atomic mass is 79.9. The Balaban J connectivity index is 2.03. The van der Waals surface area contributed by atoms with Gasteiger partial charge in [0.2, 0.25) is 0 Å². The number of nitrogens with zero attached hydrogens (tertiary/aromatic N) is 1. The maximum atomic E-state index is 12.8. The molecule has 0 radical (unpaired) electrons. The highest BCUT2D eigenvalue weighted by molar-refractivity contribution is 9.11. The molecule has 1 aliphatic rings. The SMILES string of the molecule is O=[NH+]c1ccc2c(c1)N(C(=O)c1cc(Br)c(O)c(Br)c1)CCO2. The molecule has 23 heavy (non-hydrogen) atoms. The first-order valence-corrected chi connectivity index (χ1v) is 8.24. The summed E-state index contributed by atoms with van der Waals surface area (Å²) in [5.74, 6) is 0.321. The van der Waals surface area contributed by atoms with Crippen molar-refractivity contribution < 1.29 is 19.8 Å². The molecule has 0 aromatic heterocycles. The molecule has 8 heteroatoms. The molecule has 2 aromatic rings. The van der Waals surface area contributed by atoms with Gasteiger partial charge in [-0.25, -0.2) is 0 Å². The molecular formula is C15H11Br2N2O4+. The van der Waals surface area contributed by atoms with Crippen molar-refractivity contribution in [3.8, 4) is 11.5 Å². The van der Waals surface area contributed by atoms with E-state index >= 15 is 0 Å². The number of anilines is 1. The number of amides is 1. The van der Waals surface area contributed by atoms with Gasteiger partial charge in [-0.15, -0.1) is 0 Å². The number of ether oxygens (including phenoxy) is 1. The number of benzene rings is 2. The molecule has 0 unspecified atom stereocenters. The second-order valence-electron chi connectivity index (χ2n) is 4.88. The summed E-state index contributed by atoms with van der Waals surface area (Å²) >= 11 is 6.43. The quantitative estimate of drug-likeness (QED) is 0.748. The Hall–Kier alpha value is -1.93. The van der Waals surface area contributed by atoms with Crippen molar-refractivity contribution in [1.82, 2.24) is 0 Å². The van der Waals surface area contributed by atoms with Crippen molar-refractivity contribution in [2.75, 3.05) is 18.1 Å². The van der Waals surface area contributed by atoms with Gasteiger partial charge < -0.3 is 14.7 Å². The predicted octanol–water partition coefficient (Wildman–Crippen LogP) is 2.43. The zero-order valence-electron chi connectivity index (χ0n) is 11.7. The van der Waals surface area contributed by atoms with E-state index in [4.69, 9.17) is 4.74 Å². The number of aromatic hydroxyl groups is 1. The summed E-state index contributed by atoms with van der Waals surface area (Å²) in [5.41, 5.74) is 1.28. The molecular weight excluding hydrogens is 432 g/mol. The maximum Gasteiger partial charge on any atom is 0.258 e. The molecule has 0 bridgehead atoms. The fraction of sp³-hybridized carbons (Fsp3) is 0.133. The van der Waals surface area contributed by atoms with Crippen molar-refractivity contribution in [3.05, 3.63) is 49.7 Å². The monoisotopic (exact) mass is 441 g/mol. The summed E-state index contributed by atoms with van der Waals surface area (Å²) in [4.78, 5) is 25.2. The van der Waals surface area contributed by atoms with Gasteiger partial charge in [0.25, 0.3) is 11.6 Å². The van der Waals surface area contributed by atoms with E-state index in [9.17, 15) is 14.8 Å². The molecule has 0 aliphatic carbocycles. The second kappa shape index (κ2) is 6.29. The Kier molecular flexibility index (Phi) is 4.36. The summed E-state index contributed by atoms with van der Waals surface area (Å²) in [6, 6.07) is 7.91. The first-order valence-electron chi connectivity index (χ1n) is 6.66. The zero-order chi connectivity index (χ0) is 16.6. The van der Waals surface area contributed by atoms with Crippen LogP contribution in [0, 0.1) is 4.91 Å². The van der Waals surface area contributed by atoms with E-state index < -0.39 is 0 Å². The molecule has 3 rings (SSSR count). The molecule has 0 atom stereocenters. The Bertz CT molecular complexity index is 787. The third-order valence-corrected chi connectivity index (χ3v) is 4.66. The summed E-state index contributed by atoms with van der Waals surface area (Å²) in [6.45, 7) is 0.730. The van der Waals surface area contributed by atoms with E-state index in [1.807, 2.05) is 5.18 Å². The van der Waals surface area contributed by atoms with Crippen LogP contribution >= 0.6 is 31.9 Å². The largest absolute Gasteiger partial charge is 0.506 e. The van der Waals surface area contributed by atoms with Crippen molar-refractivity contribution in [2.24, 2.45) is 0 Å². The second-order valence-corrected chi connectivity index (χ2v) is 6.59. The highest BCUT2D eigenvalue weighted by Crippen LogP contribution is 2.37. The van der Waals surface area contributed by atoms with Gasteiger partial charge in [-0.3, -0.25) is 4.79 Å². The Morgan fingerprint density at radius 3 is 2.57 bits per heavy atom. The summed E-state index contributed by atoms with van der Waals surface area (Å²) < 4.78 is 6.35. The number of rotatable bonds is 2. The highest BCUT2D eigenvalue weighted by Gasteiger charge is 2.27. The van der Waals surface area contributed by atoms with Crippen LogP contribution in [0.2, 0.25) is 0 Å². The molecule has 1 aliphatic heterocycles. The van der Waals surface area contributed by atoms with Gasteiger partial charge in [-0.2, -0.15) is 0 Å². The first-order chi connectivity index (χ1) is 11.0. The maximum absolute atomic E-state index is 12.8. The molecule has 0 spiro atoms. The lowest BCUT2D eigenvalue weighted by atomic mass is 10.1. The van der Waals surface area contributed by atoms with Gasteiger partial charge in [0.1, 0.15) is 18.1 Å². The molecule has 2 aromatic carbocycles. The van der Waals surface area contributed by atoms with E-state index in [1.165, 1.54) is 0 Å². The minimum absolute atomic E-state index is 0.0294. The first kappa shape index (κ1) is 15.9. The van der Waals surface area contributed by atoms with Crippen molar-refractivity contribution in [1.29, 1.82) is 0 Å². The zero-order valence-corrected chi connectivity index (χ0v) is 14.8. The predicted molar refractivity (Wildman–Crippen MR) is 91.1 cm³/mol. The van der Waals surface area contributed by atoms with Crippen LogP contribution in [-0.4, -0.2) is 24.2 Å². The average molecular weight is 443 g/mol. The third-order valence-electron chi connectivity index (χ3n) is 3.45. The van der Waals surface area contributed by atoms with Crippen LogP contribution in [0.5, 0.6) is 11.5 Å². The number of halogens is 2. The number of hydrogen-bond donors (Lipinski definition) is 2. The van der Waals surface area contributed by atoms with Crippen LogP contribution < -0.4 is 14.8 Å². The van der Waals surface area contributed by atoms with Gasteiger partial charge in [-0.1, -0.05) is 0 Å². The molecule has 0 fully saturated rings. The molecule has 1 amide bonds. The minimum atomic E-state index is -0.251. The Morgan fingerprint density at radius 1 is 1.22 bits per heavy atom. The molecule has 118 valence electrons. The fourth-order valence-electron chi connectivity index (χ4n) is 2.34. The van der Waals surface area contributed by atoms with Crippen molar-refractivity contribution in [3.63, 3.8) is 0 Å². The van der Waals surface area contributed by atoms with Gasteiger partial charge in [-0.05, 0) is 50.1 Å². The lowest BCUT2D eigenvalue weighted by Gasteiger charge is -2.29. The van der Waals surface area contributed by atoms with Crippen LogP contribution in [0.15, 0.2) is 39.3 Å². The van der Waals surface area contributed by atoms with Gasteiger partial charge in [0.05, 0.1) is 21.2 Å². The number of nitroso groups, excluding NO2 is 1. The average Bonchev–Trinajstić information content (AvgIpc) is 2.57. The van der Waals surface area contributed by atoms with E-state index in [0.29, 0.717) is 44.8 Å². The van der Waals surface area contributed by atoms with Crippen LogP contribution in [0.25, 0.3) is 0 Å². The standard InChI is InChI=1S/C15H10Br2N2O4/c16-10-5-8(6-11(17)14(10)20)15(21)19-3-4-23-13-2-1-9(18-22)7-12(13)19/h1-2,5-7,20H,3-4H2/p+1. The Morgan fingerprint density at radius 2 is 1.91 bits per heavy atom. The lowest BCUT2D eigenvalue weighted by Crippen LogP contribution is -2.55. The van der Waals surface area contributed by atoms with Gasteiger partial charge in [0.15, 0.2) is 0 Å². The molecule has 6 nitrogen and oxygen atoms in total. The minimum Gasteiger partial charge on any atom is -0.506 e. The fourth-order valence-corrected chi connectivity index (χ4v) is 3.52. The van der Waals surface area contributed by atoms with Crippen molar-refractivity contribution in [2.45, 2.75) is 0 Å². The Labute approximate surface area is 148 Å². The van der Waals surface area contributed by atoms with E-state index in [1.54, 1.807) is 35.2 Å². The smallest absolute Gasteiger partial charge is 0.258 e. The van der Waals surface area contributed by atoms with Crippen LogP contribution in [0.1, 0.15) is 10.4 Å². The van der Waals surface area contributed by atoms with E-state index in [-0.39, 0.29) is 11.7 Å². The normalized spacial score (nSPS) is 13.2. The van der Waals surface area contributed by atoms with Gasteiger partial charge >= 0.3 is 0 Å². The molecule has 2 N–H and O–H groups in total. The van der Waals surface area contributed by atoms with E-state index in [2.05, 4.69) is 31.9 Å². The number of carbonyl (C=O) groups is 1. The van der Waals surface area contributed by atoms with Crippen molar-refractivity contribution >= 4 is 49.1 Å². The lowest BCUT2D eigenvalue weighted by molar-refractivity contribution is -0.379. The van der Waals surface area contributed by atoms with Crippen LogP contribution in [0.3, 0.4) is 0 Å².